The van der Waals surface area contributed by atoms with E-state index in [1.54, 1.807) is 13.8 Å². The topological polar surface area (TPSA) is 214 Å². The summed E-state index contributed by atoms with van der Waals surface area (Å²) < 4.78 is 0. The first-order valence-electron chi connectivity index (χ1n) is 9.72. The predicted molar refractivity (Wildman–Crippen MR) is 107 cm³/mol. The fourth-order valence-electron chi connectivity index (χ4n) is 2.36. The monoisotopic (exact) mass is 431 g/mol. The number of nitrogens with one attached hydrogen (secondary N) is 3. The van der Waals surface area contributed by atoms with E-state index < -0.39 is 60.2 Å². The number of unbranched alkanes of at least 4 members (excludes halogenated alkanes) is 1. The van der Waals surface area contributed by atoms with Crippen LogP contribution in [0.15, 0.2) is 0 Å². The van der Waals surface area contributed by atoms with E-state index in [1.807, 2.05) is 0 Å². The van der Waals surface area contributed by atoms with E-state index in [9.17, 15) is 24.0 Å². The molecule has 0 aliphatic heterocycles. The molecule has 0 spiro atoms. The third-order valence-corrected chi connectivity index (χ3v) is 4.34. The standard InChI is InChI=1S/C18H33N5O7/c1-9(2)14(20)17(28)22-11(6-4-5-7-19)15(26)23-12(8-13(24)25)16(27)21-10(3)18(29)30/h9-12,14H,4-8,19-20H2,1-3H3,(H,21,27)(H,22,28)(H,23,26)(H,24,25)(H,29,30). The zero-order valence-electron chi connectivity index (χ0n) is 17.5. The van der Waals surface area contributed by atoms with E-state index in [0.29, 0.717) is 19.4 Å². The van der Waals surface area contributed by atoms with Gasteiger partial charge in [0.15, 0.2) is 0 Å². The van der Waals surface area contributed by atoms with Gasteiger partial charge in [-0.25, -0.2) is 0 Å². The number of nitrogens with two attached hydrogens (primary N) is 2. The zero-order valence-corrected chi connectivity index (χ0v) is 17.5. The number of hydrogen-bond donors (Lipinski definition) is 7. The average molecular weight is 431 g/mol. The number of amides is 3. The third-order valence-electron chi connectivity index (χ3n) is 4.34. The summed E-state index contributed by atoms with van der Waals surface area (Å²) in [6, 6.07) is -4.72. The first kappa shape index (κ1) is 27.3. The number of carbonyl (C=O) groups is 5. The Morgan fingerprint density at radius 1 is 0.833 bits per heavy atom. The molecule has 9 N–H and O–H groups in total. The quantitative estimate of drug-likeness (QED) is 0.153. The third kappa shape index (κ3) is 10.2. The van der Waals surface area contributed by atoms with Crippen LogP contribution >= 0.6 is 0 Å². The molecule has 0 saturated carbocycles. The van der Waals surface area contributed by atoms with Crippen molar-refractivity contribution in [3.05, 3.63) is 0 Å². The van der Waals surface area contributed by atoms with Crippen LogP contribution in [-0.2, 0) is 24.0 Å². The number of carbonyl (C=O) groups excluding carboxylic acids is 3. The highest BCUT2D eigenvalue weighted by molar-refractivity contribution is 5.95. The Morgan fingerprint density at radius 3 is 1.83 bits per heavy atom. The van der Waals surface area contributed by atoms with Gasteiger partial charge in [0, 0.05) is 0 Å². The Balaban J connectivity index is 5.37. The van der Waals surface area contributed by atoms with Gasteiger partial charge in [0.2, 0.25) is 17.7 Å². The molecule has 0 heterocycles. The van der Waals surface area contributed by atoms with Crippen LogP contribution in [0, 0.1) is 5.92 Å². The fraction of sp³-hybridized carbons (Fsp3) is 0.722. The summed E-state index contributed by atoms with van der Waals surface area (Å²) in [5.41, 5.74) is 11.3. The van der Waals surface area contributed by atoms with Crippen LogP contribution in [0.3, 0.4) is 0 Å². The summed E-state index contributed by atoms with van der Waals surface area (Å²) in [4.78, 5) is 59.2. The van der Waals surface area contributed by atoms with Crippen LogP contribution < -0.4 is 27.4 Å². The van der Waals surface area contributed by atoms with Crippen molar-refractivity contribution in [3.8, 4) is 0 Å². The number of rotatable bonds is 14. The van der Waals surface area contributed by atoms with Crippen LogP contribution in [0.1, 0.15) is 46.5 Å². The Hall–Kier alpha value is -2.73. The van der Waals surface area contributed by atoms with Crippen molar-refractivity contribution in [2.24, 2.45) is 17.4 Å². The minimum Gasteiger partial charge on any atom is -0.481 e. The highest BCUT2D eigenvalue weighted by atomic mass is 16.4. The van der Waals surface area contributed by atoms with Crippen LogP contribution in [0.2, 0.25) is 0 Å². The van der Waals surface area contributed by atoms with Crippen molar-refractivity contribution in [2.45, 2.75) is 70.6 Å². The smallest absolute Gasteiger partial charge is 0.325 e. The molecule has 0 saturated heterocycles. The zero-order chi connectivity index (χ0) is 23.4. The molecule has 4 atom stereocenters. The molecule has 30 heavy (non-hydrogen) atoms. The maximum absolute atomic E-state index is 12.7. The molecule has 0 rings (SSSR count). The molecule has 172 valence electrons. The first-order valence-corrected chi connectivity index (χ1v) is 9.72. The van der Waals surface area contributed by atoms with Gasteiger partial charge < -0.3 is 37.6 Å². The average Bonchev–Trinajstić information content (AvgIpc) is 2.65. The Labute approximate surface area is 175 Å². The summed E-state index contributed by atoms with van der Waals surface area (Å²) in [6.07, 6.45) is 0.522. The predicted octanol–water partition coefficient (Wildman–Crippen LogP) is -1.87. The number of hydrogen-bond acceptors (Lipinski definition) is 7. The summed E-state index contributed by atoms with van der Waals surface area (Å²) in [5, 5.41) is 24.8. The van der Waals surface area contributed by atoms with Gasteiger partial charge in [-0.2, -0.15) is 0 Å². The molecule has 0 fully saturated rings. The second-order valence-electron chi connectivity index (χ2n) is 7.34. The van der Waals surface area contributed by atoms with E-state index in [2.05, 4.69) is 16.0 Å². The van der Waals surface area contributed by atoms with E-state index in [1.165, 1.54) is 6.92 Å². The number of carboxylic acids is 2. The first-order chi connectivity index (χ1) is 13.9. The van der Waals surface area contributed by atoms with Crippen molar-refractivity contribution >= 4 is 29.7 Å². The van der Waals surface area contributed by atoms with Gasteiger partial charge in [0.25, 0.3) is 0 Å². The largest absolute Gasteiger partial charge is 0.481 e. The molecule has 3 amide bonds. The minimum atomic E-state index is -1.52. The maximum Gasteiger partial charge on any atom is 0.325 e. The lowest BCUT2D eigenvalue weighted by Gasteiger charge is -2.25. The summed E-state index contributed by atoms with van der Waals surface area (Å²) >= 11 is 0. The van der Waals surface area contributed by atoms with Gasteiger partial charge in [-0.15, -0.1) is 0 Å². The molecular formula is C18H33N5O7. The lowest BCUT2D eigenvalue weighted by atomic mass is 10.0. The van der Waals surface area contributed by atoms with Gasteiger partial charge in [0.05, 0.1) is 12.5 Å². The molecule has 12 heteroatoms. The second-order valence-corrected chi connectivity index (χ2v) is 7.34. The molecule has 0 radical (unpaired) electrons. The van der Waals surface area contributed by atoms with E-state index >= 15 is 0 Å². The molecule has 0 aliphatic carbocycles. The van der Waals surface area contributed by atoms with Gasteiger partial charge >= 0.3 is 11.9 Å². The van der Waals surface area contributed by atoms with E-state index in [4.69, 9.17) is 21.7 Å². The van der Waals surface area contributed by atoms with Crippen molar-refractivity contribution in [1.82, 2.24) is 16.0 Å². The lowest BCUT2D eigenvalue weighted by Crippen LogP contribution is -2.57. The molecule has 0 aromatic heterocycles. The van der Waals surface area contributed by atoms with E-state index in [-0.39, 0.29) is 12.3 Å². The van der Waals surface area contributed by atoms with Gasteiger partial charge in [-0.3, -0.25) is 24.0 Å². The fourth-order valence-corrected chi connectivity index (χ4v) is 2.36. The van der Waals surface area contributed by atoms with Gasteiger partial charge in [0.1, 0.15) is 18.1 Å². The molecule has 4 unspecified atom stereocenters. The maximum atomic E-state index is 12.7. The van der Waals surface area contributed by atoms with Crippen LogP contribution in [0.4, 0.5) is 0 Å². The van der Waals surface area contributed by atoms with Gasteiger partial charge in [-0.1, -0.05) is 13.8 Å². The Bertz CT molecular complexity index is 626. The highest BCUT2D eigenvalue weighted by Gasteiger charge is 2.30. The molecule has 0 aromatic rings. The summed E-state index contributed by atoms with van der Waals surface area (Å²) in [6.45, 7) is 5.06. The molecule has 0 aromatic carbocycles. The summed E-state index contributed by atoms with van der Waals surface area (Å²) in [5.74, 6) is -5.17. The molecule has 0 aliphatic rings. The van der Waals surface area contributed by atoms with E-state index in [0.717, 1.165) is 0 Å². The van der Waals surface area contributed by atoms with Crippen molar-refractivity contribution in [3.63, 3.8) is 0 Å². The normalized spacial score (nSPS) is 14.9. The lowest BCUT2D eigenvalue weighted by molar-refractivity contribution is -0.143. The Kier molecular flexibility index (Phi) is 12.3. The van der Waals surface area contributed by atoms with Crippen molar-refractivity contribution in [1.29, 1.82) is 0 Å². The number of aliphatic carboxylic acids is 2. The Morgan fingerprint density at radius 2 is 1.37 bits per heavy atom. The second kappa shape index (κ2) is 13.5. The van der Waals surface area contributed by atoms with Gasteiger partial charge in [-0.05, 0) is 38.6 Å². The van der Waals surface area contributed by atoms with Crippen LogP contribution in [0.5, 0.6) is 0 Å². The van der Waals surface area contributed by atoms with Crippen LogP contribution in [0.25, 0.3) is 0 Å². The molecular weight excluding hydrogens is 398 g/mol. The highest BCUT2D eigenvalue weighted by Crippen LogP contribution is 2.06. The number of carboxylic acid groups (broad SMARTS) is 2. The molecule has 12 nitrogen and oxygen atoms in total. The molecule has 0 bridgehead atoms. The van der Waals surface area contributed by atoms with Crippen molar-refractivity contribution < 1.29 is 34.2 Å². The SMILES string of the molecule is CC(NC(=O)C(CC(=O)O)NC(=O)C(CCCCN)NC(=O)C(N)C(C)C)C(=O)O. The summed E-state index contributed by atoms with van der Waals surface area (Å²) in [7, 11) is 0. The van der Waals surface area contributed by atoms with Crippen molar-refractivity contribution in [2.75, 3.05) is 6.54 Å². The van der Waals surface area contributed by atoms with Crippen LogP contribution in [-0.4, -0.2) is 70.6 Å². The minimum absolute atomic E-state index is 0.180.